The van der Waals surface area contributed by atoms with Gasteiger partial charge in [-0.15, -0.1) is 0 Å². The summed E-state index contributed by atoms with van der Waals surface area (Å²) in [6.45, 7) is 4.19. The van der Waals surface area contributed by atoms with E-state index >= 15 is 0 Å². The van der Waals surface area contributed by atoms with Crippen LogP contribution in [0.2, 0.25) is 0 Å². The second kappa shape index (κ2) is 7.40. The van der Waals surface area contributed by atoms with Crippen molar-refractivity contribution >= 4 is 21.8 Å². The Labute approximate surface area is 137 Å². The van der Waals surface area contributed by atoms with E-state index in [4.69, 9.17) is 4.74 Å². The minimum atomic E-state index is -0.292. The largest absolute Gasteiger partial charge is 0.483 e. The Morgan fingerprint density at radius 2 is 1.86 bits per heavy atom. The Morgan fingerprint density at radius 1 is 1.18 bits per heavy atom. The van der Waals surface area contributed by atoms with Crippen molar-refractivity contribution in [3.63, 3.8) is 0 Å². The zero-order valence-electron chi connectivity index (χ0n) is 12.5. The lowest BCUT2D eigenvalue weighted by atomic mass is 10.1. The standard InChI is InChI=1S/C17H17BrFNO2/c1-11-8-16(12(2)7-15(11)18)22-10-17(21)20-9-13-3-5-14(19)6-4-13/h3-8H,9-10H2,1-2H3,(H,20,21). The lowest BCUT2D eigenvalue weighted by Crippen LogP contribution is -2.28. The van der Waals surface area contributed by atoms with E-state index in [1.807, 2.05) is 26.0 Å². The SMILES string of the molecule is Cc1cc(OCC(=O)NCc2ccc(F)cc2)c(C)cc1Br. The highest BCUT2D eigenvalue weighted by Crippen LogP contribution is 2.26. The van der Waals surface area contributed by atoms with Crippen LogP contribution in [0.25, 0.3) is 0 Å². The molecule has 3 nitrogen and oxygen atoms in total. The van der Waals surface area contributed by atoms with Crippen molar-refractivity contribution in [1.82, 2.24) is 5.32 Å². The first-order chi connectivity index (χ1) is 10.5. The molecule has 0 fully saturated rings. The molecule has 2 aromatic rings. The van der Waals surface area contributed by atoms with Crippen molar-refractivity contribution < 1.29 is 13.9 Å². The van der Waals surface area contributed by atoms with Crippen LogP contribution in [0.5, 0.6) is 5.75 Å². The van der Waals surface area contributed by atoms with E-state index in [1.165, 1.54) is 12.1 Å². The third-order valence-corrected chi connectivity index (χ3v) is 4.07. The molecule has 22 heavy (non-hydrogen) atoms. The van der Waals surface area contributed by atoms with E-state index < -0.39 is 0 Å². The number of halogens is 2. The van der Waals surface area contributed by atoms with E-state index in [-0.39, 0.29) is 18.3 Å². The highest BCUT2D eigenvalue weighted by Gasteiger charge is 2.07. The number of amides is 1. The Bertz CT molecular complexity index is 671. The van der Waals surface area contributed by atoms with E-state index in [0.29, 0.717) is 12.3 Å². The maximum absolute atomic E-state index is 12.8. The van der Waals surface area contributed by atoms with Crippen LogP contribution < -0.4 is 10.1 Å². The molecule has 1 N–H and O–H groups in total. The number of carbonyl (C=O) groups is 1. The monoisotopic (exact) mass is 365 g/mol. The zero-order valence-corrected chi connectivity index (χ0v) is 14.0. The molecule has 0 saturated carbocycles. The molecule has 0 radical (unpaired) electrons. The predicted molar refractivity (Wildman–Crippen MR) is 87.4 cm³/mol. The van der Waals surface area contributed by atoms with Gasteiger partial charge in [-0.3, -0.25) is 4.79 Å². The molecule has 0 spiro atoms. The molecule has 5 heteroatoms. The molecule has 0 unspecified atom stereocenters. The van der Waals surface area contributed by atoms with Gasteiger partial charge in [-0.25, -0.2) is 4.39 Å². The van der Waals surface area contributed by atoms with E-state index in [2.05, 4.69) is 21.2 Å². The van der Waals surface area contributed by atoms with Gasteiger partial charge in [0.1, 0.15) is 11.6 Å². The van der Waals surface area contributed by atoms with Gasteiger partial charge in [0, 0.05) is 11.0 Å². The number of benzene rings is 2. The van der Waals surface area contributed by atoms with Crippen LogP contribution >= 0.6 is 15.9 Å². The first-order valence-electron chi connectivity index (χ1n) is 6.86. The van der Waals surface area contributed by atoms with Crippen LogP contribution in [0.15, 0.2) is 40.9 Å². The predicted octanol–water partition coefficient (Wildman–Crippen LogP) is 3.90. The third kappa shape index (κ3) is 4.56. The summed E-state index contributed by atoms with van der Waals surface area (Å²) in [7, 11) is 0. The van der Waals surface area contributed by atoms with Gasteiger partial charge in [-0.2, -0.15) is 0 Å². The third-order valence-electron chi connectivity index (χ3n) is 3.22. The van der Waals surface area contributed by atoms with Crippen LogP contribution in [0.4, 0.5) is 4.39 Å². The van der Waals surface area contributed by atoms with Gasteiger partial charge in [-0.05, 0) is 54.8 Å². The minimum Gasteiger partial charge on any atom is -0.483 e. The molecule has 0 saturated heterocycles. The van der Waals surface area contributed by atoms with Crippen LogP contribution in [0, 0.1) is 19.7 Å². The molecule has 0 aliphatic rings. The Morgan fingerprint density at radius 3 is 2.55 bits per heavy atom. The fourth-order valence-electron chi connectivity index (χ4n) is 1.91. The van der Waals surface area contributed by atoms with Gasteiger partial charge >= 0.3 is 0 Å². The Balaban J connectivity index is 1.85. The molecular weight excluding hydrogens is 349 g/mol. The van der Waals surface area contributed by atoms with E-state index in [1.54, 1.807) is 12.1 Å². The number of carbonyl (C=O) groups excluding carboxylic acids is 1. The fraction of sp³-hybridized carbons (Fsp3) is 0.235. The summed E-state index contributed by atoms with van der Waals surface area (Å²) in [6.07, 6.45) is 0. The lowest BCUT2D eigenvalue weighted by Gasteiger charge is -2.11. The number of ether oxygens (including phenoxy) is 1. The van der Waals surface area contributed by atoms with Crippen molar-refractivity contribution in [3.05, 3.63) is 63.4 Å². The van der Waals surface area contributed by atoms with Gasteiger partial charge < -0.3 is 10.1 Å². The first-order valence-corrected chi connectivity index (χ1v) is 7.65. The summed E-state index contributed by atoms with van der Waals surface area (Å²) >= 11 is 3.45. The van der Waals surface area contributed by atoms with Crippen molar-refractivity contribution in [2.24, 2.45) is 0 Å². The van der Waals surface area contributed by atoms with E-state index in [0.717, 1.165) is 21.2 Å². The average Bonchev–Trinajstić information content (AvgIpc) is 2.49. The molecule has 0 aliphatic carbocycles. The molecule has 116 valence electrons. The molecule has 2 aromatic carbocycles. The van der Waals surface area contributed by atoms with Crippen LogP contribution in [-0.2, 0) is 11.3 Å². The molecular formula is C17H17BrFNO2. The van der Waals surface area contributed by atoms with Gasteiger partial charge in [0.05, 0.1) is 0 Å². The van der Waals surface area contributed by atoms with Gasteiger partial charge in [0.25, 0.3) is 5.91 Å². The molecule has 0 bridgehead atoms. The van der Waals surface area contributed by atoms with Crippen molar-refractivity contribution in [2.75, 3.05) is 6.61 Å². The number of aryl methyl sites for hydroxylation is 2. The summed E-state index contributed by atoms with van der Waals surface area (Å²) in [5.74, 6) is 0.182. The average molecular weight is 366 g/mol. The first kappa shape index (κ1) is 16.5. The summed E-state index contributed by atoms with van der Waals surface area (Å²) in [5.41, 5.74) is 2.85. The Kier molecular flexibility index (Phi) is 5.55. The molecule has 2 rings (SSSR count). The normalized spacial score (nSPS) is 10.4. The van der Waals surface area contributed by atoms with Gasteiger partial charge in [0.15, 0.2) is 6.61 Å². The second-order valence-electron chi connectivity index (χ2n) is 5.06. The van der Waals surface area contributed by atoms with Gasteiger partial charge in [0.2, 0.25) is 0 Å². The fourth-order valence-corrected chi connectivity index (χ4v) is 2.37. The van der Waals surface area contributed by atoms with Crippen LogP contribution in [0.1, 0.15) is 16.7 Å². The summed E-state index contributed by atoms with van der Waals surface area (Å²) in [4.78, 5) is 11.8. The van der Waals surface area contributed by atoms with E-state index in [9.17, 15) is 9.18 Å². The molecule has 0 aliphatic heterocycles. The summed E-state index contributed by atoms with van der Waals surface area (Å²) in [6, 6.07) is 9.86. The maximum atomic E-state index is 12.8. The zero-order chi connectivity index (χ0) is 16.1. The number of nitrogens with one attached hydrogen (secondary N) is 1. The highest BCUT2D eigenvalue weighted by molar-refractivity contribution is 9.10. The Hall–Kier alpha value is -1.88. The summed E-state index contributed by atoms with van der Waals surface area (Å²) < 4.78 is 19.3. The smallest absolute Gasteiger partial charge is 0.258 e. The number of rotatable bonds is 5. The second-order valence-corrected chi connectivity index (χ2v) is 5.91. The van der Waals surface area contributed by atoms with Crippen molar-refractivity contribution in [1.29, 1.82) is 0 Å². The van der Waals surface area contributed by atoms with Crippen molar-refractivity contribution in [2.45, 2.75) is 20.4 Å². The molecule has 0 aromatic heterocycles. The quantitative estimate of drug-likeness (QED) is 0.872. The maximum Gasteiger partial charge on any atom is 0.258 e. The lowest BCUT2D eigenvalue weighted by molar-refractivity contribution is -0.123. The van der Waals surface area contributed by atoms with Crippen molar-refractivity contribution in [3.8, 4) is 5.75 Å². The van der Waals surface area contributed by atoms with Gasteiger partial charge in [-0.1, -0.05) is 28.1 Å². The minimum absolute atomic E-state index is 0.0525. The topological polar surface area (TPSA) is 38.3 Å². The van der Waals surface area contributed by atoms with Crippen LogP contribution in [0.3, 0.4) is 0 Å². The summed E-state index contributed by atoms with van der Waals surface area (Å²) in [5, 5.41) is 2.74. The molecule has 0 atom stereocenters. The number of hydrogen-bond donors (Lipinski definition) is 1. The van der Waals surface area contributed by atoms with Crippen LogP contribution in [-0.4, -0.2) is 12.5 Å². The highest BCUT2D eigenvalue weighted by atomic mass is 79.9. The molecule has 1 amide bonds. The molecule has 0 heterocycles. The number of hydrogen-bond acceptors (Lipinski definition) is 2.